The molecule has 0 saturated heterocycles. The summed E-state index contributed by atoms with van der Waals surface area (Å²) in [5, 5.41) is 3.49. The van der Waals surface area contributed by atoms with Crippen LogP contribution in [0.4, 0.5) is 10.5 Å². The number of anilines is 1. The van der Waals surface area contributed by atoms with Crippen molar-refractivity contribution < 1.29 is 9.53 Å². The molecule has 4 nitrogen and oxygen atoms in total. The molecule has 1 aromatic carbocycles. The van der Waals surface area contributed by atoms with Crippen molar-refractivity contribution in [2.45, 2.75) is 65.5 Å². The van der Waals surface area contributed by atoms with Gasteiger partial charge in [-0.25, -0.2) is 4.79 Å². The van der Waals surface area contributed by atoms with Crippen LogP contribution in [-0.2, 0) is 11.3 Å². The minimum absolute atomic E-state index is 0.296. The topological polar surface area (TPSA) is 41.6 Å². The maximum atomic E-state index is 12.1. The van der Waals surface area contributed by atoms with Crippen molar-refractivity contribution in [3.8, 4) is 0 Å². The molecule has 0 saturated carbocycles. The third kappa shape index (κ3) is 7.91. The molecule has 1 aromatic rings. The first-order chi connectivity index (χ1) is 10.8. The van der Waals surface area contributed by atoms with E-state index >= 15 is 0 Å². The highest BCUT2D eigenvalue weighted by Gasteiger charge is 2.20. The molecule has 0 bridgehead atoms. The molecule has 0 aliphatic heterocycles. The fourth-order valence-electron chi connectivity index (χ4n) is 2.27. The second-order valence-corrected chi connectivity index (χ2v) is 6.98. The molecule has 130 valence electrons. The van der Waals surface area contributed by atoms with Gasteiger partial charge in [0.25, 0.3) is 0 Å². The van der Waals surface area contributed by atoms with E-state index in [-0.39, 0.29) is 6.09 Å². The zero-order valence-corrected chi connectivity index (χ0v) is 15.3. The molecule has 0 atom stereocenters. The van der Waals surface area contributed by atoms with Gasteiger partial charge in [0.2, 0.25) is 0 Å². The third-order valence-electron chi connectivity index (χ3n) is 3.48. The zero-order valence-electron chi connectivity index (χ0n) is 15.3. The van der Waals surface area contributed by atoms with Gasteiger partial charge < -0.3 is 15.0 Å². The molecule has 0 heterocycles. The van der Waals surface area contributed by atoms with Gasteiger partial charge in [0.15, 0.2) is 0 Å². The Labute approximate surface area is 141 Å². The Balaban J connectivity index is 2.57. The van der Waals surface area contributed by atoms with Crippen LogP contribution in [-0.4, -0.2) is 30.2 Å². The van der Waals surface area contributed by atoms with E-state index in [4.69, 9.17) is 4.74 Å². The van der Waals surface area contributed by atoms with Gasteiger partial charge in [0.05, 0.1) is 6.54 Å². The predicted octanol–water partition coefficient (Wildman–Crippen LogP) is 5.05. The van der Waals surface area contributed by atoms with E-state index in [1.807, 2.05) is 32.9 Å². The van der Waals surface area contributed by atoms with Gasteiger partial charge in [0.1, 0.15) is 5.60 Å². The van der Waals surface area contributed by atoms with E-state index in [9.17, 15) is 4.79 Å². The molecular formula is C19H32N2O2. The summed E-state index contributed by atoms with van der Waals surface area (Å²) < 4.78 is 5.40. The van der Waals surface area contributed by atoms with Gasteiger partial charge in [-0.2, -0.15) is 0 Å². The first-order valence-electron chi connectivity index (χ1n) is 8.59. The Kier molecular flexibility index (Phi) is 7.93. The molecular weight excluding hydrogens is 288 g/mol. The number of amides is 1. The van der Waals surface area contributed by atoms with Gasteiger partial charge in [-0.05, 0) is 38.8 Å². The number of rotatable bonds is 8. The van der Waals surface area contributed by atoms with E-state index < -0.39 is 5.60 Å². The summed E-state index contributed by atoms with van der Waals surface area (Å²) >= 11 is 0. The monoisotopic (exact) mass is 320 g/mol. The summed E-state index contributed by atoms with van der Waals surface area (Å²) in [6, 6.07) is 8.14. The van der Waals surface area contributed by atoms with Crippen molar-refractivity contribution in [2.24, 2.45) is 0 Å². The van der Waals surface area contributed by atoms with Crippen LogP contribution in [0.5, 0.6) is 0 Å². The standard InChI is InChI=1S/C19H32N2O2/c1-6-7-8-11-14-20-17-13-10-9-12-16(17)15-21(5)18(22)23-19(2,3)4/h9-10,12-13,20H,6-8,11,14-15H2,1-5H3. The van der Waals surface area contributed by atoms with Crippen molar-refractivity contribution in [1.82, 2.24) is 4.90 Å². The largest absolute Gasteiger partial charge is 0.444 e. The molecule has 0 aromatic heterocycles. The van der Waals surface area contributed by atoms with E-state index in [1.54, 1.807) is 11.9 Å². The summed E-state index contributed by atoms with van der Waals surface area (Å²) in [6.07, 6.45) is 4.66. The fourth-order valence-corrected chi connectivity index (χ4v) is 2.27. The van der Waals surface area contributed by atoms with Crippen molar-refractivity contribution in [3.63, 3.8) is 0 Å². The van der Waals surface area contributed by atoms with Gasteiger partial charge in [0, 0.05) is 19.3 Å². The molecule has 0 aliphatic carbocycles. The number of hydrogen-bond donors (Lipinski definition) is 1. The first-order valence-corrected chi connectivity index (χ1v) is 8.59. The number of nitrogens with one attached hydrogen (secondary N) is 1. The summed E-state index contributed by atoms with van der Waals surface area (Å²) in [5.41, 5.74) is 1.73. The Morgan fingerprint density at radius 1 is 1.17 bits per heavy atom. The lowest BCUT2D eigenvalue weighted by Gasteiger charge is -2.25. The molecule has 23 heavy (non-hydrogen) atoms. The van der Waals surface area contributed by atoms with Gasteiger partial charge >= 0.3 is 6.09 Å². The number of unbranched alkanes of at least 4 members (excludes halogenated alkanes) is 3. The molecule has 1 rings (SSSR count). The van der Waals surface area contributed by atoms with Crippen LogP contribution in [0.3, 0.4) is 0 Å². The van der Waals surface area contributed by atoms with E-state index in [0.717, 1.165) is 17.8 Å². The smallest absolute Gasteiger partial charge is 0.410 e. The predicted molar refractivity (Wildman–Crippen MR) is 96.8 cm³/mol. The molecule has 1 amide bonds. The van der Waals surface area contributed by atoms with Crippen LogP contribution >= 0.6 is 0 Å². The maximum absolute atomic E-state index is 12.1. The number of carbonyl (C=O) groups excluding carboxylic acids is 1. The average molecular weight is 320 g/mol. The lowest BCUT2D eigenvalue weighted by atomic mass is 10.1. The molecule has 0 unspecified atom stereocenters. The van der Waals surface area contributed by atoms with E-state index in [0.29, 0.717) is 6.54 Å². The molecule has 0 aliphatic rings. The highest BCUT2D eigenvalue weighted by atomic mass is 16.6. The number of carbonyl (C=O) groups is 1. The second kappa shape index (κ2) is 9.43. The Morgan fingerprint density at radius 2 is 1.87 bits per heavy atom. The SMILES string of the molecule is CCCCCCNc1ccccc1CN(C)C(=O)OC(C)(C)C. The number of benzene rings is 1. The Hall–Kier alpha value is -1.71. The maximum Gasteiger partial charge on any atom is 0.410 e. The number of para-hydroxylation sites is 1. The van der Waals surface area contributed by atoms with Gasteiger partial charge in [-0.1, -0.05) is 44.4 Å². The Bertz CT molecular complexity index is 481. The second-order valence-electron chi connectivity index (χ2n) is 6.98. The van der Waals surface area contributed by atoms with Gasteiger partial charge in [-0.3, -0.25) is 0 Å². The van der Waals surface area contributed by atoms with Crippen LogP contribution in [0.2, 0.25) is 0 Å². The lowest BCUT2D eigenvalue weighted by molar-refractivity contribution is 0.0285. The summed E-state index contributed by atoms with van der Waals surface area (Å²) in [5.74, 6) is 0. The molecule has 4 heteroatoms. The highest BCUT2D eigenvalue weighted by molar-refractivity contribution is 5.68. The minimum Gasteiger partial charge on any atom is -0.444 e. The van der Waals surface area contributed by atoms with Crippen LogP contribution in [0.15, 0.2) is 24.3 Å². The molecule has 0 fully saturated rings. The average Bonchev–Trinajstić information content (AvgIpc) is 2.47. The summed E-state index contributed by atoms with van der Waals surface area (Å²) in [4.78, 5) is 13.7. The third-order valence-corrected chi connectivity index (χ3v) is 3.48. The van der Waals surface area contributed by atoms with Crippen LogP contribution in [0.1, 0.15) is 58.9 Å². The molecule has 1 N–H and O–H groups in total. The summed E-state index contributed by atoms with van der Waals surface area (Å²) in [7, 11) is 1.77. The van der Waals surface area contributed by atoms with Crippen LogP contribution < -0.4 is 5.32 Å². The minimum atomic E-state index is -0.470. The van der Waals surface area contributed by atoms with Crippen molar-refractivity contribution in [2.75, 3.05) is 18.9 Å². The lowest BCUT2D eigenvalue weighted by Crippen LogP contribution is -2.34. The first kappa shape index (κ1) is 19.3. The highest BCUT2D eigenvalue weighted by Crippen LogP contribution is 2.18. The fraction of sp³-hybridized carbons (Fsp3) is 0.632. The van der Waals surface area contributed by atoms with Crippen molar-refractivity contribution in [3.05, 3.63) is 29.8 Å². The van der Waals surface area contributed by atoms with E-state index in [1.165, 1.54) is 25.7 Å². The van der Waals surface area contributed by atoms with Gasteiger partial charge in [-0.15, -0.1) is 0 Å². The van der Waals surface area contributed by atoms with Crippen LogP contribution in [0.25, 0.3) is 0 Å². The molecule has 0 spiro atoms. The number of nitrogens with zero attached hydrogens (tertiary/aromatic N) is 1. The van der Waals surface area contributed by atoms with Crippen molar-refractivity contribution in [1.29, 1.82) is 0 Å². The molecule has 0 radical (unpaired) electrons. The normalized spacial score (nSPS) is 11.2. The zero-order chi connectivity index (χ0) is 17.3. The quantitative estimate of drug-likeness (QED) is 0.682. The van der Waals surface area contributed by atoms with Crippen molar-refractivity contribution >= 4 is 11.8 Å². The summed E-state index contributed by atoms with van der Waals surface area (Å²) in [6.45, 7) is 9.36. The Morgan fingerprint density at radius 3 is 2.52 bits per heavy atom. The number of ether oxygens (including phenoxy) is 1. The van der Waals surface area contributed by atoms with E-state index in [2.05, 4.69) is 24.4 Å². The van der Waals surface area contributed by atoms with Crippen LogP contribution in [0, 0.1) is 0 Å². The number of hydrogen-bond acceptors (Lipinski definition) is 3.